The van der Waals surface area contributed by atoms with Crippen LogP contribution in [0.4, 0.5) is 0 Å². The van der Waals surface area contributed by atoms with E-state index in [1.54, 1.807) is 6.20 Å². The Morgan fingerprint density at radius 1 is 1.39 bits per heavy atom. The van der Waals surface area contributed by atoms with Crippen molar-refractivity contribution < 1.29 is 10.2 Å². The van der Waals surface area contributed by atoms with E-state index < -0.39 is 0 Å². The molecule has 0 atom stereocenters. The molecular weight excluding hydrogens is 296 g/mol. The Labute approximate surface area is 113 Å². The zero-order valence-electron chi connectivity index (χ0n) is 9.88. The molecule has 0 unspecified atom stereocenters. The highest BCUT2D eigenvalue weighted by Gasteiger charge is 2.28. The fourth-order valence-electron chi connectivity index (χ4n) is 2.36. The summed E-state index contributed by atoms with van der Waals surface area (Å²) in [6, 6.07) is 1.76. The van der Waals surface area contributed by atoms with Crippen molar-refractivity contribution in [3.05, 3.63) is 28.5 Å². The van der Waals surface area contributed by atoms with Gasteiger partial charge in [-0.05, 0) is 46.3 Å². The normalized spacial score (nSPS) is 15.8. The summed E-state index contributed by atoms with van der Waals surface area (Å²) in [6.45, 7) is -0.162. The number of nitrogens with zero attached hydrogens (tertiary/aromatic N) is 2. The molecule has 18 heavy (non-hydrogen) atoms. The molecule has 2 aromatic heterocycles. The second kappa shape index (κ2) is 4.64. The highest BCUT2D eigenvalue weighted by Crippen LogP contribution is 2.44. The van der Waals surface area contributed by atoms with Gasteiger partial charge in [-0.25, -0.2) is 4.98 Å². The average molecular weight is 311 g/mol. The van der Waals surface area contributed by atoms with Gasteiger partial charge in [0, 0.05) is 22.3 Å². The van der Waals surface area contributed by atoms with Crippen LogP contribution in [-0.2, 0) is 0 Å². The number of hydrogen-bond donors (Lipinski definition) is 2. The first-order valence-corrected chi connectivity index (χ1v) is 6.91. The molecule has 0 amide bonds. The molecule has 3 rings (SSSR count). The number of hydrogen-bond acceptors (Lipinski definition) is 3. The molecule has 2 heterocycles. The van der Waals surface area contributed by atoms with Gasteiger partial charge in [0.15, 0.2) is 0 Å². The van der Waals surface area contributed by atoms with Gasteiger partial charge in [-0.1, -0.05) is 0 Å². The van der Waals surface area contributed by atoms with Crippen molar-refractivity contribution in [2.24, 2.45) is 0 Å². The third-order valence-electron chi connectivity index (χ3n) is 3.50. The van der Waals surface area contributed by atoms with Gasteiger partial charge in [-0.15, -0.1) is 0 Å². The van der Waals surface area contributed by atoms with E-state index in [0.29, 0.717) is 5.92 Å². The van der Waals surface area contributed by atoms with Gasteiger partial charge in [0.25, 0.3) is 0 Å². The second-order valence-corrected chi connectivity index (χ2v) is 5.73. The molecule has 1 saturated carbocycles. The third-order valence-corrected chi connectivity index (χ3v) is 3.93. The number of aliphatic hydroxyl groups excluding tert-OH is 2. The summed E-state index contributed by atoms with van der Waals surface area (Å²) < 4.78 is 2.86. The number of pyridine rings is 1. The minimum Gasteiger partial charge on any atom is -0.394 e. The van der Waals surface area contributed by atoms with E-state index in [4.69, 9.17) is 0 Å². The Bertz CT molecular complexity index is 574. The van der Waals surface area contributed by atoms with E-state index in [0.717, 1.165) is 15.5 Å². The summed E-state index contributed by atoms with van der Waals surface area (Å²) in [4.78, 5) is 4.42. The van der Waals surface area contributed by atoms with E-state index in [1.165, 1.54) is 18.4 Å². The molecular formula is C13H15BrN2O2. The van der Waals surface area contributed by atoms with Gasteiger partial charge >= 0.3 is 0 Å². The van der Waals surface area contributed by atoms with Crippen LogP contribution in [0.5, 0.6) is 0 Å². The van der Waals surface area contributed by atoms with E-state index in [1.807, 2.05) is 10.8 Å². The highest BCUT2D eigenvalue weighted by molar-refractivity contribution is 9.10. The first-order chi connectivity index (χ1) is 8.74. The molecule has 96 valence electrons. The average Bonchev–Trinajstić information content (AvgIpc) is 3.15. The minimum absolute atomic E-state index is 0.0812. The third kappa shape index (κ3) is 1.96. The van der Waals surface area contributed by atoms with E-state index in [9.17, 15) is 10.2 Å². The summed E-state index contributed by atoms with van der Waals surface area (Å²) in [6.07, 6.45) is 6.23. The Hall–Kier alpha value is -0.910. The number of aromatic nitrogens is 2. The lowest BCUT2D eigenvalue weighted by Gasteiger charge is -2.13. The Balaban J connectivity index is 2.19. The van der Waals surface area contributed by atoms with Crippen LogP contribution in [0.15, 0.2) is 22.9 Å². The first kappa shape index (κ1) is 12.1. The molecule has 0 spiro atoms. The van der Waals surface area contributed by atoms with Crippen molar-refractivity contribution in [1.82, 2.24) is 9.55 Å². The Morgan fingerprint density at radius 3 is 2.72 bits per heavy atom. The van der Waals surface area contributed by atoms with E-state index in [-0.39, 0.29) is 19.3 Å². The molecule has 2 aromatic rings. The number of fused-ring (bicyclic) bond motifs is 1. The van der Waals surface area contributed by atoms with Crippen molar-refractivity contribution in [3.63, 3.8) is 0 Å². The van der Waals surface area contributed by atoms with Crippen molar-refractivity contribution in [1.29, 1.82) is 0 Å². The lowest BCUT2D eigenvalue weighted by atomic mass is 10.1. The largest absolute Gasteiger partial charge is 0.394 e. The SMILES string of the molecule is OCC(CO)n1cc(C2CC2)c2cc(Br)cnc21. The summed E-state index contributed by atoms with van der Waals surface area (Å²) >= 11 is 3.45. The van der Waals surface area contributed by atoms with Crippen LogP contribution in [0.2, 0.25) is 0 Å². The van der Waals surface area contributed by atoms with Crippen molar-refractivity contribution in [2.75, 3.05) is 13.2 Å². The second-order valence-electron chi connectivity index (χ2n) is 4.81. The van der Waals surface area contributed by atoms with Crippen LogP contribution in [0.1, 0.15) is 30.4 Å². The lowest BCUT2D eigenvalue weighted by Crippen LogP contribution is -2.16. The summed E-state index contributed by atoms with van der Waals surface area (Å²) in [5, 5.41) is 19.8. The minimum atomic E-state index is -0.311. The predicted octanol–water partition coefficient (Wildman–Crippen LogP) is 2.20. The molecule has 0 bridgehead atoms. The van der Waals surface area contributed by atoms with Crippen LogP contribution >= 0.6 is 15.9 Å². The van der Waals surface area contributed by atoms with Gasteiger partial charge in [-0.2, -0.15) is 0 Å². The molecule has 0 saturated heterocycles. The molecule has 1 fully saturated rings. The molecule has 0 radical (unpaired) electrons. The lowest BCUT2D eigenvalue weighted by molar-refractivity contribution is 0.157. The van der Waals surface area contributed by atoms with E-state index >= 15 is 0 Å². The maximum Gasteiger partial charge on any atom is 0.140 e. The van der Waals surface area contributed by atoms with Gasteiger partial charge in [-0.3, -0.25) is 0 Å². The van der Waals surface area contributed by atoms with Crippen molar-refractivity contribution >= 4 is 27.0 Å². The number of aliphatic hydroxyl groups is 2. The highest BCUT2D eigenvalue weighted by atomic mass is 79.9. The summed E-state index contributed by atoms with van der Waals surface area (Å²) in [5.74, 6) is 0.614. The van der Waals surface area contributed by atoms with Crippen LogP contribution in [-0.4, -0.2) is 33.0 Å². The van der Waals surface area contributed by atoms with Gasteiger partial charge < -0.3 is 14.8 Å². The van der Waals surface area contributed by atoms with Crippen LogP contribution < -0.4 is 0 Å². The predicted molar refractivity (Wildman–Crippen MR) is 72.6 cm³/mol. The molecule has 5 heteroatoms. The van der Waals surface area contributed by atoms with Crippen molar-refractivity contribution in [3.8, 4) is 0 Å². The fraction of sp³-hybridized carbons (Fsp3) is 0.462. The summed E-state index contributed by atoms with van der Waals surface area (Å²) in [5.41, 5.74) is 2.12. The van der Waals surface area contributed by atoms with Gasteiger partial charge in [0.1, 0.15) is 5.65 Å². The molecule has 0 aliphatic heterocycles. The standard InChI is InChI=1S/C13H15BrN2O2/c14-9-3-11-12(8-1-2-8)5-16(10(6-17)7-18)13(11)15-4-9/h3-5,8,10,17-18H,1-2,6-7H2. The summed E-state index contributed by atoms with van der Waals surface area (Å²) in [7, 11) is 0. The smallest absolute Gasteiger partial charge is 0.140 e. The monoisotopic (exact) mass is 310 g/mol. The molecule has 1 aliphatic carbocycles. The number of halogens is 1. The quantitative estimate of drug-likeness (QED) is 0.910. The van der Waals surface area contributed by atoms with Crippen LogP contribution in [0, 0.1) is 0 Å². The fourth-order valence-corrected chi connectivity index (χ4v) is 2.69. The van der Waals surface area contributed by atoms with Crippen molar-refractivity contribution in [2.45, 2.75) is 24.8 Å². The maximum absolute atomic E-state index is 9.34. The molecule has 4 nitrogen and oxygen atoms in total. The zero-order chi connectivity index (χ0) is 12.7. The van der Waals surface area contributed by atoms with Gasteiger partial charge in [0.2, 0.25) is 0 Å². The molecule has 1 aliphatic rings. The maximum atomic E-state index is 9.34. The first-order valence-electron chi connectivity index (χ1n) is 6.12. The Kier molecular flexibility index (Phi) is 3.13. The van der Waals surface area contributed by atoms with E-state index in [2.05, 4.69) is 27.0 Å². The topological polar surface area (TPSA) is 58.3 Å². The molecule has 0 aromatic carbocycles. The van der Waals surface area contributed by atoms with Crippen LogP contribution in [0.25, 0.3) is 11.0 Å². The zero-order valence-corrected chi connectivity index (χ0v) is 11.5. The van der Waals surface area contributed by atoms with Gasteiger partial charge in [0.05, 0.1) is 19.3 Å². The number of rotatable bonds is 4. The van der Waals surface area contributed by atoms with Crippen LogP contribution in [0.3, 0.4) is 0 Å². The Morgan fingerprint density at radius 2 is 2.11 bits per heavy atom. The molecule has 2 N–H and O–H groups in total.